The summed E-state index contributed by atoms with van der Waals surface area (Å²) < 4.78 is 31.9. The quantitative estimate of drug-likeness (QED) is 0.364. The van der Waals surface area contributed by atoms with Gasteiger partial charge in [0.1, 0.15) is 18.3 Å². The summed E-state index contributed by atoms with van der Waals surface area (Å²) in [6, 6.07) is 21.9. The van der Waals surface area contributed by atoms with E-state index < -0.39 is 28.5 Å². The molecule has 10 heteroatoms. The predicted octanol–water partition coefficient (Wildman–Crippen LogP) is 3.89. The summed E-state index contributed by atoms with van der Waals surface area (Å²) in [5.41, 5.74) is 1.90. The second-order valence-electron chi connectivity index (χ2n) is 8.72. The van der Waals surface area contributed by atoms with Gasteiger partial charge in [0.25, 0.3) is 0 Å². The maximum atomic E-state index is 13.9. The molecule has 202 valence electrons. The third-order valence-corrected chi connectivity index (χ3v) is 7.30. The smallest absolute Gasteiger partial charge is 0.244 e. The highest BCUT2D eigenvalue weighted by Crippen LogP contribution is 2.24. The molecule has 0 aromatic heterocycles. The highest BCUT2D eigenvalue weighted by atomic mass is 35.5. The SMILES string of the molecule is CCNC(=O)C(Cc1ccccc1)N(Cc1ccc(Cl)cc1)C(=O)CN(c1cccc(OC)c1)S(C)(=O)=O. The molecule has 3 aromatic rings. The van der Waals surface area contributed by atoms with Crippen LogP contribution >= 0.6 is 11.6 Å². The highest BCUT2D eigenvalue weighted by molar-refractivity contribution is 7.92. The van der Waals surface area contributed by atoms with Crippen molar-refractivity contribution in [1.82, 2.24) is 10.2 Å². The van der Waals surface area contributed by atoms with Crippen molar-refractivity contribution in [3.63, 3.8) is 0 Å². The first-order chi connectivity index (χ1) is 18.1. The van der Waals surface area contributed by atoms with Crippen molar-refractivity contribution in [3.05, 3.63) is 95.0 Å². The lowest BCUT2D eigenvalue weighted by atomic mass is 10.0. The van der Waals surface area contributed by atoms with Gasteiger partial charge in [0.2, 0.25) is 21.8 Å². The van der Waals surface area contributed by atoms with Crippen LogP contribution in [0.2, 0.25) is 5.02 Å². The van der Waals surface area contributed by atoms with Crippen molar-refractivity contribution in [2.75, 3.05) is 30.8 Å². The van der Waals surface area contributed by atoms with E-state index in [1.54, 1.807) is 55.5 Å². The maximum Gasteiger partial charge on any atom is 0.244 e. The van der Waals surface area contributed by atoms with E-state index in [9.17, 15) is 18.0 Å². The molecule has 1 atom stereocenters. The van der Waals surface area contributed by atoms with Gasteiger partial charge in [-0.05, 0) is 42.3 Å². The molecule has 8 nitrogen and oxygen atoms in total. The van der Waals surface area contributed by atoms with Gasteiger partial charge in [0.15, 0.2) is 0 Å². The summed E-state index contributed by atoms with van der Waals surface area (Å²) in [7, 11) is -2.38. The van der Waals surface area contributed by atoms with Crippen LogP contribution in [0.5, 0.6) is 5.75 Å². The Morgan fingerprint density at radius 1 is 0.974 bits per heavy atom. The number of rotatable bonds is 12. The van der Waals surface area contributed by atoms with E-state index in [1.165, 1.54) is 12.0 Å². The fraction of sp³-hybridized carbons (Fsp3) is 0.286. The minimum atomic E-state index is -3.85. The zero-order valence-electron chi connectivity index (χ0n) is 21.6. The Balaban J connectivity index is 2.03. The number of anilines is 1. The number of hydrogen-bond donors (Lipinski definition) is 1. The standard InChI is InChI=1S/C28H32ClN3O5S/c1-4-30-28(34)26(17-21-9-6-5-7-10-21)31(19-22-13-15-23(29)16-14-22)27(33)20-32(38(3,35)36)24-11-8-12-25(18-24)37-2/h5-16,18,26H,4,17,19-20H2,1-3H3,(H,30,34). The third kappa shape index (κ3) is 7.97. The minimum Gasteiger partial charge on any atom is -0.497 e. The number of carbonyl (C=O) groups excluding carboxylic acids is 2. The Labute approximate surface area is 229 Å². The summed E-state index contributed by atoms with van der Waals surface area (Å²) in [5, 5.41) is 3.36. The molecular weight excluding hydrogens is 526 g/mol. The van der Waals surface area contributed by atoms with Crippen LogP contribution in [-0.4, -0.2) is 57.6 Å². The largest absolute Gasteiger partial charge is 0.497 e. The maximum absolute atomic E-state index is 13.9. The zero-order valence-corrected chi connectivity index (χ0v) is 23.2. The number of nitrogens with zero attached hydrogens (tertiary/aromatic N) is 2. The summed E-state index contributed by atoms with van der Waals surface area (Å²) in [4.78, 5) is 28.7. The van der Waals surface area contributed by atoms with Crippen LogP contribution < -0.4 is 14.4 Å². The number of sulfonamides is 1. The number of methoxy groups -OCH3 is 1. The van der Waals surface area contributed by atoms with E-state index in [-0.39, 0.29) is 24.6 Å². The molecule has 0 bridgehead atoms. The van der Waals surface area contributed by atoms with Gasteiger partial charge in [-0.2, -0.15) is 0 Å². The molecule has 2 amide bonds. The first-order valence-electron chi connectivity index (χ1n) is 12.1. The summed E-state index contributed by atoms with van der Waals surface area (Å²) in [6.07, 6.45) is 1.29. The number of likely N-dealkylation sites (N-methyl/N-ethyl adjacent to an activating group) is 1. The Bertz CT molecular complexity index is 1330. The van der Waals surface area contributed by atoms with Crippen molar-refractivity contribution in [3.8, 4) is 5.75 Å². The molecule has 0 radical (unpaired) electrons. The van der Waals surface area contributed by atoms with E-state index >= 15 is 0 Å². The molecule has 0 aliphatic rings. The first-order valence-corrected chi connectivity index (χ1v) is 14.3. The molecule has 3 rings (SSSR count). The Hall–Kier alpha value is -3.56. The lowest BCUT2D eigenvalue weighted by molar-refractivity contribution is -0.140. The third-order valence-electron chi connectivity index (χ3n) is 5.91. The molecule has 0 fully saturated rings. The summed E-state index contributed by atoms with van der Waals surface area (Å²) in [5.74, 6) is -0.405. The number of ether oxygens (including phenoxy) is 1. The Morgan fingerprint density at radius 3 is 2.26 bits per heavy atom. The van der Waals surface area contributed by atoms with E-state index in [2.05, 4.69) is 5.32 Å². The average molecular weight is 558 g/mol. The molecule has 1 unspecified atom stereocenters. The fourth-order valence-electron chi connectivity index (χ4n) is 4.01. The van der Waals surface area contributed by atoms with Crippen LogP contribution in [0.1, 0.15) is 18.1 Å². The first kappa shape index (κ1) is 29.0. The fourth-order valence-corrected chi connectivity index (χ4v) is 4.98. The molecule has 0 saturated heterocycles. The lowest BCUT2D eigenvalue weighted by Gasteiger charge is -2.33. The lowest BCUT2D eigenvalue weighted by Crippen LogP contribution is -2.53. The van der Waals surface area contributed by atoms with Crippen LogP contribution in [0.15, 0.2) is 78.9 Å². The van der Waals surface area contributed by atoms with Gasteiger partial charge >= 0.3 is 0 Å². The number of amides is 2. The highest BCUT2D eigenvalue weighted by Gasteiger charge is 2.32. The number of benzene rings is 3. The zero-order chi connectivity index (χ0) is 27.7. The van der Waals surface area contributed by atoms with Crippen molar-refractivity contribution in [2.45, 2.75) is 25.9 Å². The topological polar surface area (TPSA) is 96.0 Å². The van der Waals surface area contributed by atoms with Gasteiger partial charge in [0, 0.05) is 30.6 Å². The van der Waals surface area contributed by atoms with Gasteiger partial charge in [-0.1, -0.05) is 60.1 Å². The van der Waals surface area contributed by atoms with Crippen LogP contribution in [0.4, 0.5) is 5.69 Å². The molecule has 1 N–H and O–H groups in total. The Kier molecular flexibility index (Phi) is 10.2. The molecule has 0 aliphatic heterocycles. The molecule has 38 heavy (non-hydrogen) atoms. The second-order valence-corrected chi connectivity index (χ2v) is 11.1. The Morgan fingerprint density at radius 2 is 1.66 bits per heavy atom. The average Bonchev–Trinajstić information content (AvgIpc) is 2.90. The molecule has 0 heterocycles. The van der Waals surface area contributed by atoms with Gasteiger partial charge in [-0.25, -0.2) is 8.42 Å². The van der Waals surface area contributed by atoms with E-state index in [0.717, 1.165) is 21.7 Å². The summed E-state index contributed by atoms with van der Waals surface area (Å²) >= 11 is 6.06. The van der Waals surface area contributed by atoms with Crippen molar-refractivity contribution in [1.29, 1.82) is 0 Å². The normalized spacial score (nSPS) is 11.9. The minimum absolute atomic E-state index is 0.0837. The molecular formula is C28H32ClN3O5S. The van der Waals surface area contributed by atoms with Crippen molar-refractivity contribution < 1.29 is 22.7 Å². The molecule has 3 aromatic carbocycles. The van der Waals surface area contributed by atoms with Crippen LogP contribution in [0, 0.1) is 0 Å². The molecule has 0 saturated carbocycles. The molecule has 0 aliphatic carbocycles. The number of carbonyl (C=O) groups is 2. The monoisotopic (exact) mass is 557 g/mol. The number of nitrogens with one attached hydrogen (secondary N) is 1. The van der Waals surface area contributed by atoms with Crippen LogP contribution in [0.3, 0.4) is 0 Å². The van der Waals surface area contributed by atoms with E-state index in [0.29, 0.717) is 17.3 Å². The van der Waals surface area contributed by atoms with Gasteiger partial charge in [0.05, 0.1) is 19.1 Å². The summed E-state index contributed by atoms with van der Waals surface area (Å²) in [6.45, 7) is 1.77. The van der Waals surface area contributed by atoms with E-state index in [1.807, 2.05) is 30.3 Å². The van der Waals surface area contributed by atoms with Crippen molar-refractivity contribution in [2.24, 2.45) is 0 Å². The number of hydrogen-bond acceptors (Lipinski definition) is 5. The van der Waals surface area contributed by atoms with Crippen molar-refractivity contribution >= 4 is 39.1 Å². The van der Waals surface area contributed by atoms with Gasteiger partial charge in [-0.15, -0.1) is 0 Å². The number of halogens is 1. The second kappa shape index (κ2) is 13.3. The van der Waals surface area contributed by atoms with Gasteiger partial charge in [-0.3, -0.25) is 13.9 Å². The molecule has 0 spiro atoms. The van der Waals surface area contributed by atoms with E-state index in [4.69, 9.17) is 16.3 Å². The predicted molar refractivity (Wildman–Crippen MR) is 150 cm³/mol. The van der Waals surface area contributed by atoms with Gasteiger partial charge < -0.3 is 15.0 Å². The van der Waals surface area contributed by atoms with Crippen LogP contribution in [-0.2, 0) is 32.6 Å². The van der Waals surface area contributed by atoms with Crippen LogP contribution in [0.25, 0.3) is 0 Å².